The van der Waals surface area contributed by atoms with Crippen LogP contribution in [0.2, 0.25) is 0 Å². The molecule has 2 heteroatoms. The van der Waals surface area contributed by atoms with Gasteiger partial charge in [-0.15, -0.1) is 0 Å². The normalized spacial score (nSPS) is 16.0. The first-order valence-electron chi connectivity index (χ1n) is 7.70. The van der Waals surface area contributed by atoms with Gasteiger partial charge in [-0.1, -0.05) is 72.3 Å². The minimum absolute atomic E-state index is 0.196. The minimum atomic E-state index is -0.324. The van der Waals surface area contributed by atoms with E-state index in [1.165, 1.54) is 5.56 Å². The molecular formula is C21H16O2. The molecule has 3 aromatic carbocycles. The molecule has 0 saturated carbocycles. The number of carbonyl (C=O) groups excluding carboxylic acids is 1. The van der Waals surface area contributed by atoms with Crippen molar-refractivity contribution in [1.82, 2.24) is 0 Å². The third-order valence-corrected chi connectivity index (χ3v) is 4.27. The molecule has 0 N–H and O–H groups in total. The second-order valence-electron chi connectivity index (χ2n) is 5.88. The van der Waals surface area contributed by atoms with Crippen LogP contribution in [0, 0.1) is 6.92 Å². The van der Waals surface area contributed by atoms with Crippen molar-refractivity contribution >= 4 is 5.97 Å². The number of ether oxygens (including phenoxy) is 1. The van der Waals surface area contributed by atoms with Crippen molar-refractivity contribution in [3.8, 4) is 16.9 Å². The molecule has 0 bridgehead atoms. The van der Waals surface area contributed by atoms with Crippen LogP contribution >= 0.6 is 0 Å². The summed E-state index contributed by atoms with van der Waals surface area (Å²) >= 11 is 0. The third kappa shape index (κ3) is 2.42. The summed E-state index contributed by atoms with van der Waals surface area (Å²) in [5, 5.41) is 0. The first kappa shape index (κ1) is 13.8. The molecule has 0 aliphatic carbocycles. The van der Waals surface area contributed by atoms with Crippen LogP contribution < -0.4 is 4.74 Å². The van der Waals surface area contributed by atoms with E-state index in [0.717, 1.165) is 22.3 Å². The number of hydrogen-bond donors (Lipinski definition) is 0. The summed E-state index contributed by atoms with van der Waals surface area (Å²) in [5.74, 6) is 0.158. The Morgan fingerprint density at radius 1 is 0.826 bits per heavy atom. The van der Waals surface area contributed by atoms with Gasteiger partial charge in [-0.05, 0) is 29.7 Å². The van der Waals surface area contributed by atoms with Crippen LogP contribution in [0.25, 0.3) is 11.1 Å². The predicted octanol–water partition coefficient (Wildman–Crippen LogP) is 4.71. The van der Waals surface area contributed by atoms with Gasteiger partial charge in [-0.3, -0.25) is 4.79 Å². The lowest BCUT2D eigenvalue weighted by Gasteiger charge is -2.09. The fraction of sp³-hybridized carbons (Fsp3) is 0.0952. The van der Waals surface area contributed by atoms with Gasteiger partial charge in [0.05, 0.1) is 0 Å². The van der Waals surface area contributed by atoms with Crippen molar-refractivity contribution in [2.75, 3.05) is 0 Å². The predicted molar refractivity (Wildman–Crippen MR) is 90.5 cm³/mol. The molecule has 4 rings (SSSR count). The standard InChI is InChI=1S/C21H16O2/c1-14-7-12-19-18(13-14)20(21(22)23-19)17-10-8-16(9-11-17)15-5-3-2-4-6-15/h2-13,20H,1H3/t20-/m0/s1. The van der Waals surface area contributed by atoms with Gasteiger partial charge in [0.25, 0.3) is 0 Å². The molecule has 1 aliphatic rings. The molecule has 1 atom stereocenters. The van der Waals surface area contributed by atoms with Crippen LogP contribution in [0.3, 0.4) is 0 Å². The molecule has 0 fully saturated rings. The highest BCUT2D eigenvalue weighted by Gasteiger charge is 2.34. The quantitative estimate of drug-likeness (QED) is 0.506. The topological polar surface area (TPSA) is 26.3 Å². The van der Waals surface area contributed by atoms with E-state index in [4.69, 9.17) is 4.74 Å². The van der Waals surface area contributed by atoms with E-state index >= 15 is 0 Å². The Morgan fingerprint density at radius 2 is 1.52 bits per heavy atom. The van der Waals surface area contributed by atoms with Crippen molar-refractivity contribution in [2.24, 2.45) is 0 Å². The van der Waals surface area contributed by atoms with Crippen molar-refractivity contribution < 1.29 is 9.53 Å². The molecule has 0 unspecified atom stereocenters. The lowest BCUT2D eigenvalue weighted by molar-refractivity contribution is -0.133. The van der Waals surface area contributed by atoms with E-state index in [1.54, 1.807) is 0 Å². The summed E-state index contributed by atoms with van der Waals surface area (Å²) in [6, 6.07) is 24.3. The van der Waals surface area contributed by atoms with E-state index in [-0.39, 0.29) is 11.9 Å². The van der Waals surface area contributed by atoms with Gasteiger partial charge in [0.1, 0.15) is 11.7 Å². The minimum Gasteiger partial charge on any atom is -0.425 e. The smallest absolute Gasteiger partial charge is 0.323 e. The Bertz CT molecular complexity index is 864. The number of rotatable bonds is 2. The zero-order valence-electron chi connectivity index (χ0n) is 12.8. The van der Waals surface area contributed by atoms with Gasteiger partial charge in [0, 0.05) is 5.56 Å². The van der Waals surface area contributed by atoms with Gasteiger partial charge in [0.2, 0.25) is 0 Å². The molecule has 112 valence electrons. The van der Waals surface area contributed by atoms with Gasteiger partial charge >= 0.3 is 5.97 Å². The van der Waals surface area contributed by atoms with Crippen molar-refractivity contribution in [2.45, 2.75) is 12.8 Å². The largest absolute Gasteiger partial charge is 0.425 e. The van der Waals surface area contributed by atoms with Crippen LogP contribution in [-0.2, 0) is 4.79 Å². The number of aryl methyl sites for hydroxylation is 1. The summed E-state index contributed by atoms with van der Waals surface area (Å²) in [7, 11) is 0. The molecule has 3 aromatic rings. The van der Waals surface area contributed by atoms with Gasteiger partial charge in [-0.2, -0.15) is 0 Å². The number of hydrogen-bond acceptors (Lipinski definition) is 2. The third-order valence-electron chi connectivity index (χ3n) is 4.27. The van der Waals surface area contributed by atoms with Crippen LogP contribution in [0.1, 0.15) is 22.6 Å². The summed E-state index contributed by atoms with van der Waals surface area (Å²) in [6.07, 6.45) is 0. The highest BCUT2D eigenvalue weighted by Crippen LogP contribution is 2.39. The maximum Gasteiger partial charge on any atom is 0.323 e. The van der Waals surface area contributed by atoms with E-state index in [2.05, 4.69) is 24.3 Å². The van der Waals surface area contributed by atoms with Crippen molar-refractivity contribution in [3.05, 3.63) is 89.5 Å². The fourth-order valence-corrected chi connectivity index (χ4v) is 3.09. The summed E-state index contributed by atoms with van der Waals surface area (Å²) in [5.41, 5.74) is 5.38. The van der Waals surface area contributed by atoms with E-state index in [0.29, 0.717) is 5.75 Å². The Labute approximate surface area is 135 Å². The van der Waals surface area contributed by atoms with Gasteiger partial charge in [-0.25, -0.2) is 0 Å². The summed E-state index contributed by atoms with van der Waals surface area (Å²) in [6.45, 7) is 2.03. The number of esters is 1. The molecule has 0 spiro atoms. The average Bonchev–Trinajstić information content (AvgIpc) is 2.91. The van der Waals surface area contributed by atoms with E-state index in [9.17, 15) is 4.79 Å². The molecule has 1 heterocycles. The Morgan fingerprint density at radius 3 is 2.26 bits per heavy atom. The number of benzene rings is 3. The molecular weight excluding hydrogens is 284 g/mol. The molecule has 2 nitrogen and oxygen atoms in total. The fourth-order valence-electron chi connectivity index (χ4n) is 3.09. The Hall–Kier alpha value is -2.87. The van der Waals surface area contributed by atoms with Gasteiger partial charge < -0.3 is 4.74 Å². The summed E-state index contributed by atoms with van der Waals surface area (Å²) < 4.78 is 5.40. The molecule has 23 heavy (non-hydrogen) atoms. The van der Waals surface area contributed by atoms with Crippen molar-refractivity contribution in [1.29, 1.82) is 0 Å². The highest BCUT2D eigenvalue weighted by molar-refractivity contribution is 5.89. The van der Waals surface area contributed by atoms with Crippen LogP contribution in [0.5, 0.6) is 5.75 Å². The lowest BCUT2D eigenvalue weighted by atomic mass is 9.90. The maximum atomic E-state index is 12.3. The summed E-state index contributed by atoms with van der Waals surface area (Å²) in [4.78, 5) is 12.3. The number of carbonyl (C=O) groups is 1. The Kier molecular flexibility index (Phi) is 3.23. The molecule has 0 radical (unpaired) electrons. The van der Waals surface area contributed by atoms with Crippen LogP contribution in [-0.4, -0.2) is 5.97 Å². The molecule has 1 aliphatic heterocycles. The van der Waals surface area contributed by atoms with Gasteiger partial charge in [0.15, 0.2) is 0 Å². The number of fused-ring (bicyclic) bond motifs is 1. The zero-order chi connectivity index (χ0) is 15.8. The van der Waals surface area contributed by atoms with Crippen molar-refractivity contribution in [3.63, 3.8) is 0 Å². The monoisotopic (exact) mass is 300 g/mol. The maximum absolute atomic E-state index is 12.3. The van der Waals surface area contributed by atoms with Crippen LogP contribution in [0.4, 0.5) is 0 Å². The average molecular weight is 300 g/mol. The second kappa shape index (κ2) is 5.40. The SMILES string of the molecule is Cc1ccc2c(c1)[C@H](c1ccc(-c3ccccc3)cc1)C(=O)O2. The first-order chi connectivity index (χ1) is 11.2. The first-order valence-corrected chi connectivity index (χ1v) is 7.70. The van der Waals surface area contributed by atoms with E-state index in [1.807, 2.05) is 55.5 Å². The molecule has 0 aromatic heterocycles. The lowest BCUT2D eigenvalue weighted by Crippen LogP contribution is -2.11. The Balaban J connectivity index is 1.72. The molecule has 0 amide bonds. The van der Waals surface area contributed by atoms with E-state index < -0.39 is 0 Å². The second-order valence-corrected chi connectivity index (χ2v) is 5.88. The zero-order valence-corrected chi connectivity index (χ0v) is 12.8. The van der Waals surface area contributed by atoms with Crippen LogP contribution in [0.15, 0.2) is 72.8 Å². The highest BCUT2D eigenvalue weighted by atomic mass is 16.5. The molecule has 0 saturated heterocycles.